The van der Waals surface area contributed by atoms with Gasteiger partial charge in [-0.25, -0.2) is 4.98 Å². The van der Waals surface area contributed by atoms with Crippen LogP contribution in [-0.4, -0.2) is 53.2 Å². The van der Waals surface area contributed by atoms with Crippen molar-refractivity contribution in [3.8, 4) is 11.5 Å². The zero-order chi connectivity index (χ0) is 18.8. The van der Waals surface area contributed by atoms with Crippen LogP contribution in [0.15, 0.2) is 30.6 Å². The largest absolute Gasteiger partial charge is 0.494 e. The molecule has 0 radical (unpaired) electrons. The Kier molecular flexibility index (Phi) is 6.46. The highest BCUT2D eigenvalue weighted by atomic mass is 35.5. The van der Waals surface area contributed by atoms with Crippen LogP contribution in [-0.2, 0) is 18.3 Å². The number of ether oxygens (including phenoxy) is 2. The minimum Gasteiger partial charge on any atom is -0.494 e. The Hall–Kier alpha value is -2.25. The molecule has 2 aliphatic heterocycles. The lowest BCUT2D eigenvalue weighted by Gasteiger charge is -2.38. The third kappa shape index (κ3) is 3.95. The Morgan fingerprint density at radius 2 is 2.29 bits per heavy atom. The fourth-order valence-corrected chi connectivity index (χ4v) is 3.92. The van der Waals surface area contributed by atoms with Crippen molar-refractivity contribution in [1.82, 2.24) is 19.8 Å². The number of carbonyl (C=O) groups excluding carboxylic acids is 1. The summed E-state index contributed by atoms with van der Waals surface area (Å²) >= 11 is 0. The fourth-order valence-electron chi connectivity index (χ4n) is 3.92. The van der Waals surface area contributed by atoms with Gasteiger partial charge in [0.1, 0.15) is 30.0 Å². The molecular formula is C20H27ClN4O3. The number of piperazine rings is 1. The lowest BCUT2D eigenvalue weighted by molar-refractivity contribution is -0.140. The number of hydrogen-bond donors (Lipinski definition) is 1. The SMILES string of the molecule is CCOc1ccc2c(c1)CC(C(=O)N1CCNCC1c1nccn1C)CO2.Cl. The zero-order valence-corrected chi connectivity index (χ0v) is 17.1. The molecule has 8 heteroatoms. The molecule has 7 nitrogen and oxygen atoms in total. The second-order valence-corrected chi connectivity index (χ2v) is 7.06. The fraction of sp³-hybridized carbons (Fsp3) is 0.500. The highest BCUT2D eigenvalue weighted by molar-refractivity contribution is 5.85. The van der Waals surface area contributed by atoms with Crippen LogP contribution >= 0.6 is 12.4 Å². The van der Waals surface area contributed by atoms with Gasteiger partial charge in [-0.1, -0.05) is 0 Å². The molecule has 0 spiro atoms. The Balaban J connectivity index is 0.00000225. The first-order chi connectivity index (χ1) is 13.2. The maximum atomic E-state index is 13.3. The van der Waals surface area contributed by atoms with Gasteiger partial charge in [0.2, 0.25) is 5.91 Å². The van der Waals surface area contributed by atoms with Gasteiger partial charge >= 0.3 is 0 Å². The first kappa shape index (κ1) is 20.5. The van der Waals surface area contributed by atoms with E-state index in [0.29, 0.717) is 26.2 Å². The minimum atomic E-state index is -0.185. The average Bonchev–Trinajstić information content (AvgIpc) is 3.13. The second-order valence-electron chi connectivity index (χ2n) is 7.06. The van der Waals surface area contributed by atoms with Crippen LogP contribution in [0.25, 0.3) is 0 Å². The lowest BCUT2D eigenvalue weighted by atomic mass is 9.94. The standard InChI is InChI=1S/C20H26N4O3.ClH/c1-3-26-16-4-5-18-14(11-16)10-15(13-27-18)20(25)24-9-6-21-12-17(24)19-22-7-8-23(19)2;/h4-5,7-8,11,15,17,21H,3,6,9-10,12-13H2,1-2H3;1H. The lowest BCUT2D eigenvalue weighted by Crippen LogP contribution is -2.52. The summed E-state index contributed by atoms with van der Waals surface area (Å²) < 4.78 is 13.5. The molecule has 1 aromatic heterocycles. The maximum absolute atomic E-state index is 13.3. The van der Waals surface area contributed by atoms with Crippen LogP contribution in [0.1, 0.15) is 24.4 Å². The molecule has 2 aliphatic rings. The summed E-state index contributed by atoms with van der Waals surface area (Å²) in [7, 11) is 1.97. The van der Waals surface area contributed by atoms with E-state index in [0.717, 1.165) is 36.0 Å². The number of amides is 1. The number of aromatic nitrogens is 2. The van der Waals surface area contributed by atoms with Crippen LogP contribution < -0.4 is 14.8 Å². The molecule has 1 N–H and O–H groups in total. The maximum Gasteiger partial charge on any atom is 0.230 e. The summed E-state index contributed by atoms with van der Waals surface area (Å²) in [6, 6.07) is 5.79. The Morgan fingerprint density at radius 1 is 1.43 bits per heavy atom. The highest BCUT2D eigenvalue weighted by Crippen LogP contribution is 2.33. The topological polar surface area (TPSA) is 68.6 Å². The van der Waals surface area contributed by atoms with E-state index in [1.807, 2.05) is 47.8 Å². The van der Waals surface area contributed by atoms with Crippen molar-refractivity contribution in [2.24, 2.45) is 13.0 Å². The molecule has 4 rings (SSSR count). The van der Waals surface area contributed by atoms with Gasteiger partial charge in [-0.15, -0.1) is 12.4 Å². The van der Waals surface area contributed by atoms with E-state index in [2.05, 4.69) is 10.3 Å². The van der Waals surface area contributed by atoms with Crippen LogP contribution in [0.5, 0.6) is 11.5 Å². The van der Waals surface area contributed by atoms with E-state index < -0.39 is 0 Å². The van der Waals surface area contributed by atoms with Crippen molar-refractivity contribution in [1.29, 1.82) is 0 Å². The third-order valence-corrected chi connectivity index (χ3v) is 5.28. The number of rotatable bonds is 4. The van der Waals surface area contributed by atoms with Crippen molar-refractivity contribution < 1.29 is 14.3 Å². The number of nitrogens with one attached hydrogen (secondary N) is 1. The van der Waals surface area contributed by atoms with E-state index in [-0.39, 0.29) is 30.3 Å². The quantitative estimate of drug-likeness (QED) is 0.840. The molecular weight excluding hydrogens is 380 g/mol. The number of fused-ring (bicyclic) bond motifs is 1. The Labute approximate surface area is 171 Å². The van der Waals surface area contributed by atoms with Crippen LogP contribution in [0.3, 0.4) is 0 Å². The number of benzene rings is 1. The number of aryl methyl sites for hydroxylation is 1. The summed E-state index contributed by atoms with van der Waals surface area (Å²) in [5.41, 5.74) is 1.04. The normalized spacial score (nSPS) is 21.3. The van der Waals surface area contributed by atoms with Crippen LogP contribution in [0, 0.1) is 5.92 Å². The molecule has 2 unspecified atom stereocenters. The van der Waals surface area contributed by atoms with Gasteiger partial charge in [-0.05, 0) is 37.1 Å². The number of halogens is 1. The summed E-state index contributed by atoms with van der Waals surface area (Å²) in [6.45, 7) is 5.19. The van der Waals surface area contributed by atoms with Crippen molar-refractivity contribution >= 4 is 18.3 Å². The number of nitrogens with zero attached hydrogens (tertiary/aromatic N) is 3. The molecule has 1 amide bonds. The van der Waals surface area contributed by atoms with Gasteiger partial charge in [-0.2, -0.15) is 0 Å². The average molecular weight is 407 g/mol. The molecule has 0 aliphatic carbocycles. The van der Waals surface area contributed by atoms with Gasteiger partial charge in [-0.3, -0.25) is 4.79 Å². The van der Waals surface area contributed by atoms with E-state index in [9.17, 15) is 4.79 Å². The van der Waals surface area contributed by atoms with Gasteiger partial charge in [0.05, 0.1) is 12.5 Å². The van der Waals surface area contributed by atoms with Gasteiger partial charge in [0, 0.05) is 39.1 Å². The predicted octanol–water partition coefficient (Wildman–Crippen LogP) is 1.96. The molecule has 1 fully saturated rings. The summed E-state index contributed by atoms with van der Waals surface area (Å²) in [5, 5.41) is 3.38. The van der Waals surface area contributed by atoms with Crippen LogP contribution in [0.4, 0.5) is 0 Å². The van der Waals surface area contributed by atoms with Crippen LogP contribution in [0.2, 0.25) is 0 Å². The van der Waals surface area contributed by atoms with Gasteiger partial charge in [0.15, 0.2) is 0 Å². The third-order valence-electron chi connectivity index (χ3n) is 5.28. The molecule has 28 heavy (non-hydrogen) atoms. The zero-order valence-electron chi connectivity index (χ0n) is 16.3. The number of imidazole rings is 1. The molecule has 0 saturated carbocycles. The molecule has 1 saturated heterocycles. The summed E-state index contributed by atoms with van der Waals surface area (Å²) in [4.78, 5) is 19.8. The van der Waals surface area contributed by atoms with E-state index in [1.54, 1.807) is 6.20 Å². The second kappa shape index (κ2) is 8.84. The van der Waals surface area contributed by atoms with Gasteiger partial charge in [0.25, 0.3) is 0 Å². The van der Waals surface area contributed by atoms with Crippen molar-refractivity contribution in [3.63, 3.8) is 0 Å². The minimum absolute atomic E-state index is 0. The summed E-state index contributed by atoms with van der Waals surface area (Å²) in [5.74, 6) is 2.53. The highest BCUT2D eigenvalue weighted by Gasteiger charge is 2.36. The molecule has 3 heterocycles. The van der Waals surface area contributed by atoms with E-state index >= 15 is 0 Å². The number of hydrogen-bond acceptors (Lipinski definition) is 5. The molecule has 2 aromatic rings. The van der Waals surface area contributed by atoms with Crippen molar-refractivity contribution in [3.05, 3.63) is 42.0 Å². The summed E-state index contributed by atoms with van der Waals surface area (Å²) in [6.07, 6.45) is 4.37. The first-order valence-corrected chi connectivity index (χ1v) is 9.54. The van der Waals surface area contributed by atoms with E-state index in [1.165, 1.54) is 0 Å². The first-order valence-electron chi connectivity index (χ1n) is 9.54. The Morgan fingerprint density at radius 3 is 3.04 bits per heavy atom. The molecule has 1 aromatic carbocycles. The smallest absolute Gasteiger partial charge is 0.230 e. The van der Waals surface area contributed by atoms with Gasteiger partial charge < -0.3 is 24.3 Å². The predicted molar refractivity (Wildman–Crippen MR) is 108 cm³/mol. The molecule has 2 atom stereocenters. The Bertz CT molecular complexity index is 826. The monoisotopic (exact) mass is 406 g/mol. The molecule has 152 valence electrons. The van der Waals surface area contributed by atoms with Crippen molar-refractivity contribution in [2.75, 3.05) is 32.8 Å². The van der Waals surface area contributed by atoms with Crippen molar-refractivity contribution in [2.45, 2.75) is 19.4 Å². The van der Waals surface area contributed by atoms with E-state index in [4.69, 9.17) is 9.47 Å². The molecule has 0 bridgehead atoms. The number of carbonyl (C=O) groups is 1.